The third-order valence-electron chi connectivity index (χ3n) is 3.23. The number of para-hydroxylation sites is 1. The molecule has 4 heteroatoms. The van der Waals surface area contributed by atoms with Crippen LogP contribution in [0.25, 0.3) is 0 Å². The SMILES string of the molecule is Cc1ccc(Cl)cc1NC(=O)COc1c(C)cccc1C. The van der Waals surface area contributed by atoms with Gasteiger partial charge in [-0.1, -0.05) is 35.9 Å². The van der Waals surface area contributed by atoms with Crippen LogP contribution in [-0.4, -0.2) is 12.5 Å². The summed E-state index contributed by atoms with van der Waals surface area (Å²) in [5.41, 5.74) is 3.70. The zero-order valence-electron chi connectivity index (χ0n) is 12.4. The summed E-state index contributed by atoms with van der Waals surface area (Å²) >= 11 is 5.93. The van der Waals surface area contributed by atoms with Crippen molar-refractivity contribution in [3.63, 3.8) is 0 Å². The molecule has 0 unspecified atom stereocenters. The minimum atomic E-state index is -0.206. The molecule has 3 nitrogen and oxygen atoms in total. The molecular weight excluding hydrogens is 286 g/mol. The molecule has 1 amide bonds. The lowest BCUT2D eigenvalue weighted by atomic mass is 10.1. The highest BCUT2D eigenvalue weighted by Gasteiger charge is 2.09. The second-order valence-corrected chi connectivity index (χ2v) is 5.45. The second kappa shape index (κ2) is 6.64. The summed E-state index contributed by atoms with van der Waals surface area (Å²) < 4.78 is 5.63. The summed E-state index contributed by atoms with van der Waals surface area (Å²) in [6.07, 6.45) is 0. The molecule has 0 bridgehead atoms. The summed E-state index contributed by atoms with van der Waals surface area (Å²) in [4.78, 5) is 12.0. The van der Waals surface area contributed by atoms with Crippen LogP contribution in [0.2, 0.25) is 5.02 Å². The third kappa shape index (κ3) is 3.99. The van der Waals surface area contributed by atoms with Crippen LogP contribution in [-0.2, 0) is 4.79 Å². The molecule has 0 heterocycles. The average molecular weight is 304 g/mol. The highest BCUT2D eigenvalue weighted by atomic mass is 35.5. The van der Waals surface area contributed by atoms with Gasteiger partial charge >= 0.3 is 0 Å². The van der Waals surface area contributed by atoms with Crippen LogP contribution in [0, 0.1) is 20.8 Å². The zero-order chi connectivity index (χ0) is 15.4. The van der Waals surface area contributed by atoms with Gasteiger partial charge in [0.25, 0.3) is 5.91 Å². The smallest absolute Gasteiger partial charge is 0.262 e. The largest absolute Gasteiger partial charge is 0.483 e. The van der Waals surface area contributed by atoms with E-state index >= 15 is 0 Å². The molecule has 0 radical (unpaired) electrons. The Bertz CT molecular complexity index is 648. The maximum Gasteiger partial charge on any atom is 0.262 e. The molecule has 110 valence electrons. The second-order valence-electron chi connectivity index (χ2n) is 5.02. The highest BCUT2D eigenvalue weighted by Crippen LogP contribution is 2.23. The molecule has 2 aromatic carbocycles. The molecule has 0 saturated carbocycles. The van der Waals surface area contributed by atoms with E-state index in [1.54, 1.807) is 12.1 Å². The van der Waals surface area contributed by atoms with Gasteiger partial charge in [0.1, 0.15) is 5.75 Å². The van der Waals surface area contributed by atoms with Crippen LogP contribution in [0.3, 0.4) is 0 Å². The summed E-state index contributed by atoms with van der Waals surface area (Å²) in [5.74, 6) is 0.554. The number of amides is 1. The van der Waals surface area contributed by atoms with Crippen molar-refractivity contribution >= 4 is 23.2 Å². The number of aryl methyl sites for hydroxylation is 3. The standard InChI is InChI=1S/C17H18ClNO2/c1-11-7-8-14(18)9-15(11)19-16(20)10-21-17-12(2)5-4-6-13(17)3/h4-9H,10H2,1-3H3,(H,19,20). The Balaban J connectivity index is 2.01. The molecule has 1 N–H and O–H groups in total. The summed E-state index contributed by atoms with van der Waals surface area (Å²) in [5, 5.41) is 3.40. The Morgan fingerprint density at radius 3 is 2.43 bits per heavy atom. The maximum absolute atomic E-state index is 12.0. The van der Waals surface area contributed by atoms with Crippen molar-refractivity contribution in [1.29, 1.82) is 0 Å². The predicted octanol–water partition coefficient (Wildman–Crippen LogP) is 4.28. The van der Waals surface area contributed by atoms with E-state index in [-0.39, 0.29) is 12.5 Å². The molecule has 2 aromatic rings. The number of anilines is 1. The first-order chi connectivity index (χ1) is 9.97. The van der Waals surface area contributed by atoms with E-state index in [1.165, 1.54) is 0 Å². The van der Waals surface area contributed by atoms with Gasteiger partial charge in [0, 0.05) is 10.7 Å². The monoisotopic (exact) mass is 303 g/mol. The zero-order valence-corrected chi connectivity index (χ0v) is 13.1. The molecule has 0 aliphatic heterocycles. The highest BCUT2D eigenvalue weighted by molar-refractivity contribution is 6.31. The van der Waals surface area contributed by atoms with Crippen molar-refractivity contribution in [1.82, 2.24) is 0 Å². The maximum atomic E-state index is 12.0. The van der Waals surface area contributed by atoms with Gasteiger partial charge in [-0.25, -0.2) is 0 Å². The van der Waals surface area contributed by atoms with Crippen molar-refractivity contribution in [2.24, 2.45) is 0 Å². The minimum absolute atomic E-state index is 0.0301. The first-order valence-corrected chi connectivity index (χ1v) is 7.10. The molecule has 21 heavy (non-hydrogen) atoms. The van der Waals surface area contributed by atoms with Gasteiger partial charge in [-0.15, -0.1) is 0 Å². The molecule has 2 rings (SSSR count). The van der Waals surface area contributed by atoms with Crippen LogP contribution in [0.1, 0.15) is 16.7 Å². The Kier molecular flexibility index (Phi) is 4.86. The molecule has 0 spiro atoms. The summed E-state index contributed by atoms with van der Waals surface area (Å²) in [6.45, 7) is 5.80. The number of hydrogen-bond donors (Lipinski definition) is 1. The van der Waals surface area contributed by atoms with Gasteiger partial charge in [0.05, 0.1) is 0 Å². The number of nitrogens with one attached hydrogen (secondary N) is 1. The number of rotatable bonds is 4. The Morgan fingerprint density at radius 2 is 1.76 bits per heavy atom. The van der Waals surface area contributed by atoms with E-state index in [4.69, 9.17) is 16.3 Å². The van der Waals surface area contributed by atoms with Crippen molar-refractivity contribution in [3.05, 3.63) is 58.1 Å². The van der Waals surface area contributed by atoms with Gasteiger partial charge in [0.15, 0.2) is 6.61 Å². The lowest BCUT2D eigenvalue weighted by molar-refractivity contribution is -0.118. The summed E-state index contributed by atoms with van der Waals surface area (Å²) in [6, 6.07) is 11.3. The predicted molar refractivity (Wildman–Crippen MR) is 86.2 cm³/mol. The van der Waals surface area contributed by atoms with E-state index in [9.17, 15) is 4.79 Å². The Morgan fingerprint density at radius 1 is 1.10 bits per heavy atom. The number of hydrogen-bond acceptors (Lipinski definition) is 2. The quantitative estimate of drug-likeness (QED) is 0.915. The number of benzene rings is 2. The van der Waals surface area contributed by atoms with Crippen LogP contribution in [0.15, 0.2) is 36.4 Å². The molecule has 0 saturated heterocycles. The van der Waals surface area contributed by atoms with Crippen molar-refractivity contribution in [2.75, 3.05) is 11.9 Å². The van der Waals surface area contributed by atoms with E-state index in [0.29, 0.717) is 10.7 Å². The molecule has 0 aliphatic carbocycles. The van der Waals surface area contributed by atoms with E-state index in [0.717, 1.165) is 22.4 Å². The van der Waals surface area contributed by atoms with E-state index in [1.807, 2.05) is 45.0 Å². The number of carbonyl (C=O) groups is 1. The fourth-order valence-electron chi connectivity index (χ4n) is 2.08. The van der Waals surface area contributed by atoms with E-state index in [2.05, 4.69) is 5.32 Å². The lowest BCUT2D eigenvalue weighted by Crippen LogP contribution is -2.21. The average Bonchev–Trinajstić information content (AvgIpc) is 2.42. The Labute approximate surface area is 129 Å². The number of halogens is 1. The van der Waals surface area contributed by atoms with Gasteiger partial charge in [-0.05, 0) is 49.6 Å². The van der Waals surface area contributed by atoms with Crippen LogP contribution in [0.5, 0.6) is 5.75 Å². The van der Waals surface area contributed by atoms with Crippen molar-refractivity contribution in [3.8, 4) is 5.75 Å². The van der Waals surface area contributed by atoms with Crippen LogP contribution in [0.4, 0.5) is 5.69 Å². The molecule has 0 atom stereocenters. The van der Waals surface area contributed by atoms with Gasteiger partial charge < -0.3 is 10.1 Å². The fraction of sp³-hybridized carbons (Fsp3) is 0.235. The summed E-state index contributed by atoms with van der Waals surface area (Å²) in [7, 11) is 0. The number of carbonyl (C=O) groups excluding carboxylic acids is 1. The lowest BCUT2D eigenvalue weighted by Gasteiger charge is -2.13. The first kappa shape index (κ1) is 15.4. The molecule has 0 aromatic heterocycles. The number of ether oxygens (including phenoxy) is 1. The van der Waals surface area contributed by atoms with E-state index < -0.39 is 0 Å². The topological polar surface area (TPSA) is 38.3 Å². The molecule has 0 aliphatic rings. The van der Waals surface area contributed by atoms with Gasteiger partial charge in [-0.3, -0.25) is 4.79 Å². The molecule has 0 fully saturated rings. The third-order valence-corrected chi connectivity index (χ3v) is 3.47. The van der Waals surface area contributed by atoms with Gasteiger partial charge in [-0.2, -0.15) is 0 Å². The minimum Gasteiger partial charge on any atom is -0.483 e. The van der Waals surface area contributed by atoms with Crippen LogP contribution >= 0.6 is 11.6 Å². The van der Waals surface area contributed by atoms with Gasteiger partial charge in [0.2, 0.25) is 0 Å². The first-order valence-electron chi connectivity index (χ1n) is 6.72. The Hall–Kier alpha value is -2.00. The van der Waals surface area contributed by atoms with Crippen LogP contribution < -0.4 is 10.1 Å². The molecular formula is C17H18ClNO2. The van der Waals surface area contributed by atoms with Crippen molar-refractivity contribution in [2.45, 2.75) is 20.8 Å². The van der Waals surface area contributed by atoms with Crippen molar-refractivity contribution < 1.29 is 9.53 Å². The fourth-order valence-corrected chi connectivity index (χ4v) is 2.25. The normalized spacial score (nSPS) is 10.3.